The molecular weight excluding hydrogens is 280 g/mol. The van der Waals surface area contributed by atoms with E-state index < -0.39 is 11.9 Å². The molecule has 1 aromatic carbocycles. The number of esters is 2. The Morgan fingerprint density at radius 1 is 0.955 bits per heavy atom. The van der Waals surface area contributed by atoms with Crippen molar-refractivity contribution in [1.29, 1.82) is 0 Å². The lowest BCUT2D eigenvalue weighted by molar-refractivity contribution is 0.00283. The normalized spacial score (nSPS) is 11.1. The molecule has 0 radical (unpaired) electrons. The first kappa shape index (κ1) is 18.2. The molecule has 4 heteroatoms. The second-order valence-corrected chi connectivity index (χ2v) is 6.04. The second kappa shape index (κ2) is 8.57. The third kappa shape index (κ3) is 4.86. The number of benzene rings is 1. The van der Waals surface area contributed by atoms with Crippen molar-refractivity contribution in [3.05, 3.63) is 35.4 Å². The zero-order valence-electron chi connectivity index (χ0n) is 14.1. The van der Waals surface area contributed by atoms with Crippen molar-refractivity contribution in [2.75, 3.05) is 6.61 Å². The smallest absolute Gasteiger partial charge is 0.339 e. The third-order valence-electron chi connectivity index (χ3n) is 3.36. The Hall–Kier alpha value is -1.84. The van der Waals surface area contributed by atoms with Crippen LogP contribution in [0.4, 0.5) is 0 Å². The van der Waals surface area contributed by atoms with Crippen LogP contribution >= 0.6 is 0 Å². The molecule has 0 N–H and O–H groups in total. The van der Waals surface area contributed by atoms with Gasteiger partial charge in [0.25, 0.3) is 0 Å². The van der Waals surface area contributed by atoms with Crippen molar-refractivity contribution in [2.24, 2.45) is 11.8 Å². The van der Waals surface area contributed by atoms with Gasteiger partial charge in [0.2, 0.25) is 0 Å². The lowest BCUT2D eigenvalue weighted by atomic mass is 9.96. The first-order valence-corrected chi connectivity index (χ1v) is 7.85. The Labute approximate surface area is 132 Å². The molecule has 22 heavy (non-hydrogen) atoms. The van der Waals surface area contributed by atoms with Crippen molar-refractivity contribution < 1.29 is 19.1 Å². The Morgan fingerprint density at radius 2 is 1.45 bits per heavy atom. The van der Waals surface area contributed by atoms with Gasteiger partial charge in [-0.1, -0.05) is 46.8 Å². The predicted octanol–water partition coefficient (Wildman–Crippen LogP) is 4.09. The van der Waals surface area contributed by atoms with E-state index in [0.29, 0.717) is 6.61 Å². The Balaban J connectivity index is 2.96. The number of hydrogen-bond acceptors (Lipinski definition) is 4. The van der Waals surface area contributed by atoms with E-state index in [9.17, 15) is 9.59 Å². The molecule has 0 aromatic heterocycles. The van der Waals surface area contributed by atoms with E-state index in [1.807, 2.05) is 34.6 Å². The molecule has 0 saturated heterocycles. The number of carbonyl (C=O) groups excluding carboxylic acids is 2. The van der Waals surface area contributed by atoms with E-state index in [1.165, 1.54) is 0 Å². The molecular formula is C18H26O4. The van der Waals surface area contributed by atoms with Crippen LogP contribution in [0.3, 0.4) is 0 Å². The van der Waals surface area contributed by atoms with Crippen molar-refractivity contribution in [3.8, 4) is 0 Å². The molecule has 0 aliphatic carbocycles. The summed E-state index contributed by atoms with van der Waals surface area (Å²) in [4.78, 5) is 24.5. The average molecular weight is 306 g/mol. The van der Waals surface area contributed by atoms with E-state index in [0.717, 1.165) is 6.42 Å². The lowest BCUT2D eigenvalue weighted by Crippen LogP contribution is -2.29. The van der Waals surface area contributed by atoms with Gasteiger partial charge in [-0.3, -0.25) is 0 Å². The minimum Gasteiger partial charge on any atom is -0.462 e. The van der Waals surface area contributed by atoms with Gasteiger partial charge in [-0.25, -0.2) is 9.59 Å². The van der Waals surface area contributed by atoms with Crippen LogP contribution in [0.25, 0.3) is 0 Å². The highest BCUT2D eigenvalue weighted by atomic mass is 16.5. The van der Waals surface area contributed by atoms with Gasteiger partial charge in [0.15, 0.2) is 0 Å². The zero-order chi connectivity index (χ0) is 16.7. The standard InChI is InChI=1S/C18H26O4/c1-6-11-21-17(19)14-9-7-8-10-15(14)18(20)22-16(12(2)3)13(4)5/h7-10,12-13,16H,6,11H2,1-5H3. The van der Waals surface area contributed by atoms with Gasteiger partial charge in [0.1, 0.15) is 6.10 Å². The SMILES string of the molecule is CCCOC(=O)c1ccccc1C(=O)OC(C(C)C)C(C)C. The summed E-state index contributed by atoms with van der Waals surface area (Å²) in [5.74, 6) is -0.539. The summed E-state index contributed by atoms with van der Waals surface area (Å²) in [7, 11) is 0. The minimum atomic E-state index is -0.486. The Bertz CT molecular complexity index is 498. The van der Waals surface area contributed by atoms with E-state index in [1.54, 1.807) is 24.3 Å². The van der Waals surface area contributed by atoms with Gasteiger partial charge < -0.3 is 9.47 Å². The van der Waals surface area contributed by atoms with Crippen LogP contribution in [0.15, 0.2) is 24.3 Å². The summed E-state index contributed by atoms with van der Waals surface area (Å²) in [5.41, 5.74) is 0.516. The molecule has 0 aliphatic heterocycles. The minimum absolute atomic E-state index is 0.188. The van der Waals surface area contributed by atoms with Crippen LogP contribution in [0.5, 0.6) is 0 Å². The summed E-state index contributed by atoms with van der Waals surface area (Å²) < 4.78 is 10.7. The molecule has 0 heterocycles. The second-order valence-electron chi connectivity index (χ2n) is 6.04. The van der Waals surface area contributed by atoms with Crippen LogP contribution in [-0.4, -0.2) is 24.6 Å². The molecule has 0 spiro atoms. The van der Waals surface area contributed by atoms with Crippen LogP contribution in [0.1, 0.15) is 61.8 Å². The molecule has 4 nitrogen and oxygen atoms in total. The van der Waals surface area contributed by atoms with Crippen LogP contribution in [0.2, 0.25) is 0 Å². The summed E-state index contributed by atoms with van der Waals surface area (Å²) in [5, 5.41) is 0. The van der Waals surface area contributed by atoms with Gasteiger partial charge in [0, 0.05) is 0 Å². The van der Waals surface area contributed by atoms with Crippen LogP contribution in [0, 0.1) is 11.8 Å². The van der Waals surface area contributed by atoms with Gasteiger partial charge in [0.05, 0.1) is 17.7 Å². The quantitative estimate of drug-likeness (QED) is 0.712. The topological polar surface area (TPSA) is 52.6 Å². The van der Waals surface area contributed by atoms with Crippen LogP contribution < -0.4 is 0 Å². The van der Waals surface area contributed by atoms with Gasteiger partial charge in [-0.15, -0.1) is 0 Å². The maximum absolute atomic E-state index is 12.4. The fourth-order valence-corrected chi connectivity index (χ4v) is 2.34. The van der Waals surface area contributed by atoms with Crippen LogP contribution in [-0.2, 0) is 9.47 Å². The lowest BCUT2D eigenvalue weighted by Gasteiger charge is -2.25. The molecule has 0 atom stereocenters. The maximum atomic E-state index is 12.4. The van der Waals surface area contributed by atoms with Crippen molar-refractivity contribution >= 4 is 11.9 Å². The average Bonchev–Trinajstić information content (AvgIpc) is 2.49. The molecule has 0 bridgehead atoms. The first-order valence-electron chi connectivity index (χ1n) is 7.85. The summed E-state index contributed by atoms with van der Waals surface area (Å²) in [6.45, 7) is 10.3. The molecule has 122 valence electrons. The van der Waals surface area contributed by atoms with Gasteiger partial charge in [-0.2, -0.15) is 0 Å². The number of carbonyl (C=O) groups is 2. The molecule has 0 unspecified atom stereocenters. The van der Waals surface area contributed by atoms with E-state index in [4.69, 9.17) is 9.47 Å². The summed E-state index contributed by atoms with van der Waals surface area (Å²) in [6, 6.07) is 6.62. The molecule has 0 amide bonds. The highest BCUT2D eigenvalue weighted by Gasteiger charge is 2.25. The van der Waals surface area contributed by atoms with Crippen molar-refractivity contribution in [1.82, 2.24) is 0 Å². The monoisotopic (exact) mass is 306 g/mol. The van der Waals surface area contributed by atoms with E-state index in [2.05, 4.69) is 0 Å². The number of hydrogen-bond donors (Lipinski definition) is 0. The molecule has 0 fully saturated rings. The molecule has 1 rings (SSSR count). The van der Waals surface area contributed by atoms with Gasteiger partial charge >= 0.3 is 11.9 Å². The van der Waals surface area contributed by atoms with E-state index in [-0.39, 0.29) is 29.1 Å². The highest BCUT2D eigenvalue weighted by Crippen LogP contribution is 2.20. The number of ether oxygens (including phenoxy) is 2. The molecule has 0 aliphatic rings. The Kier molecular flexibility index (Phi) is 7.09. The highest BCUT2D eigenvalue weighted by molar-refractivity contribution is 6.03. The van der Waals surface area contributed by atoms with Crippen molar-refractivity contribution in [3.63, 3.8) is 0 Å². The number of rotatable bonds is 7. The molecule has 1 aromatic rings. The third-order valence-corrected chi connectivity index (χ3v) is 3.36. The van der Waals surface area contributed by atoms with Crippen molar-refractivity contribution in [2.45, 2.75) is 47.1 Å². The fraction of sp³-hybridized carbons (Fsp3) is 0.556. The zero-order valence-corrected chi connectivity index (χ0v) is 14.1. The summed E-state index contributed by atoms with van der Waals surface area (Å²) >= 11 is 0. The fourth-order valence-electron chi connectivity index (χ4n) is 2.34. The Morgan fingerprint density at radius 3 is 1.91 bits per heavy atom. The summed E-state index contributed by atoms with van der Waals surface area (Å²) in [6.07, 6.45) is 0.549. The first-order chi connectivity index (χ1) is 10.4. The maximum Gasteiger partial charge on any atom is 0.339 e. The molecule has 0 saturated carbocycles. The van der Waals surface area contributed by atoms with Gasteiger partial charge in [-0.05, 0) is 30.4 Å². The largest absolute Gasteiger partial charge is 0.462 e. The predicted molar refractivity (Wildman–Crippen MR) is 85.9 cm³/mol. The van der Waals surface area contributed by atoms with E-state index >= 15 is 0 Å².